The van der Waals surface area contributed by atoms with E-state index in [-0.39, 0.29) is 4.90 Å². The van der Waals surface area contributed by atoms with E-state index >= 15 is 0 Å². The van der Waals surface area contributed by atoms with Gasteiger partial charge in [-0.1, -0.05) is 18.2 Å². The molecule has 5 nitrogen and oxygen atoms in total. The van der Waals surface area contributed by atoms with Gasteiger partial charge in [0.1, 0.15) is 0 Å². The number of rotatable bonds is 4. The lowest BCUT2D eigenvalue weighted by atomic mass is 10.2. The third kappa shape index (κ3) is 4.31. The fourth-order valence-corrected chi connectivity index (χ4v) is 3.55. The molecule has 0 fully saturated rings. The molecule has 0 amide bonds. The Morgan fingerprint density at radius 1 is 1.00 bits per heavy atom. The van der Waals surface area contributed by atoms with Crippen molar-refractivity contribution in [3.05, 3.63) is 53.6 Å². The Hall–Kier alpha value is -1.96. The zero-order chi connectivity index (χ0) is 17.9. The van der Waals surface area contributed by atoms with Gasteiger partial charge in [-0.05, 0) is 61.5 Å². The number of hydrogen-bond donors (Lipinski definition) is 2. The van der Waals surface area contributed by atoms with Crippen LogP contribution in [0.4, 0.5) is 11.4 Å². The summed E-state index contributed by atoms with van der Waals surface area (Å²) in [6, 6.07) is 13.0. The summed E-state index contributed by atoms with van der Waals surface area (Å²) >= 11 is 5.30. The molecule has 0 atom stereocenters. The van der Waals surface area contributed by atoms with Crippen LogP contribution in [0.1, 0.15) is 11.1 Å². The standard InChI is InChI=1S/C17H21N3O2S2/c1-12-6-5-7-14(10-12)18-17(23)19-15-9-8-13(2)16(11-15)24(21,22)20(3)4/h5-11H,1-4H3,(H2,18,19,23). The van der Waals surface area contributed by atoms with E-state index in [9.17, 15) is 8.42 Å². The highest BCUT2D eigenvalue weighted by Crippen LogP contribution is 2.22. The molecular weight excluding hydrogens is 342 g/mol. The van der Waals surface area contributed by atoms with Crippen LogP contribution in [-0.4, -0.2) is 31.9 Å². The normalized spacial score (nSPS) is 11.4. The highest BCUT2D eigenvalue weighted by atomic mass is 32.2. The Kier molecular flexibility index (Phi) is 5.58. The second kappa shape index (κ2) is 7.29. The molecule has 128 valence electrons. The van der Waals surface area contributed by atoms with Crippen LogP contribution in [0.3, 0.4) is 0 Å². The van der Waals surface area contributed by atoms with Crippen molar-refractivity contribution in [1.82, 2.24) is 4.31 Å². The van der Waals surface area contributed by atoms with Gasteiger partial charge in [-0.25, -0.2) is 12.7 Å². The SMILES string of the molecule is Cc1cccc(NC(=S)Nc2ccc(C)c(S(=O)(=O)N(C)C)c2)c1. The van der Waals surface area contributed by atoms with Crippen LogP contribution in [-0.2, 0) is 10.0 Å². The molecule has 24 heavy (non-hydrogen) atoms. The first-order valence-electron chi connectivity index (χ1n) is 7.38. The minimum absolute atomic E-state index is 0.260. The number of anilines is 2. The van der Waals surface area contributed by atoms with Gasteiger partial charge in [0.15, 0.2) is 5.11 Å². The molecule has 0 unspecified atom stereocenters. The van der Waals surface area contributed by atoms with Crippen LogP contribution < -0.4 is 10.6 Å². The molecule has 2 aromatic rings. The van der Waals surface area contributed by atoms with Gasteiger partial charge in [0.25, 0.3) is 0 Å². The van der Waals surface area contributed by atoms with Crippen molar-refractivity contribution < 1.29 is 8.42 Å². The Labute approximate surface area is 148 Å². The van der Waals surface area contributed by atoms with Crippen LogP contribution in [0.2, 0.25) is 0 Å². The van der Waals surface area contributed by atoms with Gasteiger partial charge in [0.05, 0.1) is 4.90 Å². The monoisotopic (exact) mass is 363 g/mol. The summed E-state index contributed by atoms with van der Waals surface area (Å²) in [4.78, 5) is 0.260. The van der Waals surface area contributed by atoms with Crippen molar-refractivity contribution in [2.45, 2.75) is 18.7 Å². The molecule has 0 bridgehead atoms. The number of sulfonamides is 1. The molecular formula is C17H21N3O2S2. The summed E-state index contributed by atoms with van der Waals surface area (Å²) in [6.45, 7) is 3.77. The Bertz CT molecular complexity index is 862. The molecule has 2 rings (SSSR count). The maximum absolute atomic E-state index is 12.4. The predicted molar refractivity (Wildman–Crippen MR) is 103 cm³/mol. The number of nitrogens with one attached hydrogen (secondary N) is 2. The van der Waals surface area contributed by atoms with Crippen molar-refractivity contribution in [2.24, 2.45) is 0 Å². The molecule has 7 heteroatoms. The van der Waals surface area contributed by atoms with Gasteiger partial charge < -0.3 is 10.6 Å². The predicted octanol–water partition coefficient (Wildman–Crippen LogP) is 3.36. The van der Waals surface area contributed by atoms with Crippen molar-refractivity contribution in [2.75, 3.05) is 24.7 Å². The van der Waals surface area contributed by atoms with Gasteiger partial charge in [0, 0.05) is 25.5 Å². The molecule has 0 radical (unpaired) electrons. The quantitative estimate of drug-likeness (QED) is 0.816. The fourth-order valence-electron chi connectivity index (χ4n) is 2.17. The largest absolute Gasteiger partial charge is 0.332 e. The van der Waals surface area contributed by atoms with E-state index in [1.807, 2.05) is 31.2 Å². The van der Waals surface area contributed by atoms with E-state index in [0.29, 0.717) is 16.4 Å². The minimum atomic E-state index is -3.50. The Balaban J connectivity index is 2.20. The zero-order valence-electron chi connectivity index (χ0n) is 14.1. The zero-order valence-corrected chi connectivity index (χ0v) is 15.8. The van der Waals surface area contributed by atoms with Crippen LogP contribution in [0.15, 0.2) is 47.4 Å². The average Bonchev–Trinajstić information content (AvgIpc) is 2.48. The van der Waals surface area contributed by atoms with E-state index in [1.54, 1.807) is 25.1 Å². The number of hydrogen-bond acceptors (Lipinski definition) is 3. The Morgan fingerprint density at radius 2 is 1.62 bits per heavy atom. The number of benzene rings is 2. The summed E-state index contributed by atoms with van der Waals surface area (Å²) in [5.74, 6) is 0. The molecule has 0 spiro atoms. The second-order valence-electron chi connectivity index (χ2n) is 5.72. The Morgan fingerprint density at radius 3 is 2.21 bits per heavy atom. The molecule has 0 aromatic heterocycles. The first-order chi connectivity index (χ1) is 11.2. The molecule has 0 aliphatic carbocycles. The van der Waals surface area contributed by atoms with Crippen LogP contribution >= 0.6 is 12.2 Å². The highest BCUT2D eigenvalue weighted by Gasteiger charge is 2.20. The minimum Gasteiger partial charge on any atom is -0.332 e. The molecule has 0 saturated carbocycles. The van der Waals surface area contributed by atoms with Crippen LogP contribution in [0.5, 0.6) is 0 Å². The maximum atomic E-state index is 12.4. The number of aryl methyl sites for hydroxylation is 2. The van der Waals surface area contributed by atoms with Crippen molar-refractivity contribution >= 4 is 38.7 Å². The van der Waals surface area contributed by atoms with Gasteiger partial charge in [-0.15, -0.1) is 0 Å². The smallest absolute Gasteiger partial charge is 0.242 e. The van der Waals surface area contributed by atoms with E-state index in [2.05, 4.69) is 10.6 Å². The average molecular weight is 364 g/mol. The van der Waals surface area contributed by atoms with Crippen molar-refractivity contribution in [1.29, 1.82) is 0 Å². The first kappa shape index (κ1) is 18.4. The summed E-state index contributed by atoms with van der Waals surface area (Å²) in [5, 5.41) is 6.51. The van der Waals surface area contributed by atoms with Crippen molar-refractivity contribution in [3.8, 4) is 0 Å². The molecule has 0 aliphatic heterocycles. The summed E-state index contributed by atoms with van der Waals surface area (Å²) in [6.07, 6.45) is 0. The van der Waals surface area contributed by atoms with Gasteiger partial charge >= 0.3 is 0 Å². The second-order valence-corrected chi connectivity index (χ2v) is 8.24. The molecule has 0 saturated heterocycles. The summed E-state index contributed by atoms with van der Waals surface area (Å²) in [7, 11) is -0.475. The lowest BCUT2D eigenvalue weighted by molar-refractivity contribution is 0.520. The van der Waals surface area contributed by atoms with Gasteiger partial charge in [-0.2, -0.15) is 0 Å². The highest BCUT2D eigenvalue weighted by molar-refractivity contribution is 7.89. The van der Waals surface area contributed by atoms with Crippen LogP contribution in [0, 0.1) is 13.8 Å². The van der Waals surface area contributed by atoms with Gasteiger partial charge in [-0.3, -0.25) is 0 Å². The molecule has 0 aliphatic rings. The van der Waals surface area contributed by atoms with Gasteiger partial charge in [0.2, 0.25) is 10.0 Å². The van der Waals surface area contributed by atoms with Crippen LogP contribution in [0.25, 0.3) is 0 Å². The van der Waals surface area contributed by atoms with E-state index in [0.717, 1.165) is 11.3 Å². The lowest BCUT2D eigenvalue weighted by Crippen LogP contribution is -2.24. The first-order valence-corrected chi connectivity index (χ1v) is 9.23. The summed E-state index contributed by atoms with van der Waals surface area (Å²) in [5.41, 5.74) is 3.30. The topological polar surface area (TPSA) is 61.4 Å². The summed E-state index contributed by atoms with van der Waals surface area (Å²) < 4.78 is 25.9. The third-order valence-corrected chi connectivity index (χ3v) is 5.64. The number of nitrogens with zero attached hydrogens (tertiary/aromatic N) is 1. The molecule has 2 aromatic carbocycles. The van der Waals surface area contributed by atoms with Crippen molar-refractivity contribution in [3.63, 3.8) is 0 Å². The van der Waals surface area contributed by atoms with E-state index in [1.165, 1.54) is 18.4 Å². The number of thiocarbonyl (C=S) groups is 1. The molecule has 0 heterocycles. The maximum Gasteiger partial charge on any atom is 0.242 e. The van der Waals surface area contributed by atoms with E-state index in [4.69, 9.17) is 12.2 Å². The fraction of sp³-hybridized carbons (Fsp3) is 0.235. The van der Waals surface area contributed by atoms with E-state index < -0.39 is 10.0 Å². The lowest BCUT2D eigenvalue weighted by Gasteiger charge is -2.16. The third-order valence-electron chi connectivity index (χ3n) is 3.48. The molecule has 2 N–H and O–H groups in total.